The first-order valence-corrected chi connectivity index (χ1v) is 3.82. The molecule has 0 saturated carbocycles. The van der Waals surface area contributed by atoms with Gasteiger partial charge in [0.15, 0.2) is 0 Å². The number of aliphatic carboxylic acids is 1. The molecule has 5 nitrogen and oxygen atoms in total. The fraction of sp³-hybridized carbons (Fsp3) is 0.100. The number of hydrogen-bond acceptors (Lipinski definition) is 3. The molecule has 0 rings (SSSR count). The van der Waals surface area contributed by atoms with Crippen molar-refractivity contribution in [1.82, 2.24) is 4.90 Å². The van der Waals surface area contributed by atoms with Gasteiger partial charge in [0.25, 0.3) is 11.8 Å². The van der Waals surface area contributed by atoms with Gasteiger partial charge in [0.1, 0.15) is 0 Å². The van der Waals surface area contributed by atoms with Crippen LogP contribution in [0.1, 0.15) is 0 Å². The van der Waals surface area contributed by atoms with E-state index in [-0.39, 0.29) is 0 Å². The predicted molar refractivity (Wildman–Crippen MR) is 56.0 cm³/mol. The van der Waals surface area contributed by atoms with Crippen molar-refractivity contribution in [2.24, 2.45) is 0 Å². The van der Waals surface area contributed by atoms with Crippen LogP contribution in [0.15, 0.2) is 38.0 Å². The molecule has 2 amide bonds. The van der Waals surface area contributed by atoms with Gasteiger partial charge < -0.3 is 5.11 Å². The molecule has 0 fully saturated rings. The lowest BCUT2D eigenvalue weighted by Gasteiger charge is -2.08. The second-order valence-corrected chi connectivity index (χ2v) is 2.19. The summed E-state index contributed by atoms with van der Waals surface area (Å²) in [5.74, 6) is -1.83. The fourth-order valence-corrected chi connectivity index (χ4v) is 0.382. The number of amides is 2. The van der Waals surface area contributed by atoms with Crippen LogP contribution >= 0.6 is 0 Å². The molecule has 1 N–H and O–H groups in total. The van der Waals surface area contributed by atoms with Crippen LogP contribution in [0.4, 0.5) is 0 Å². The van der Waals surface area contributed by atoms with Gasteiger partial charge in [-0.05, 0) is 12.2 Å². The topological polar surface area (TPSA) is 74.7 Å². The number of likely N-dealkylation sites (N-methyl/N-ethyl adjacent to an activating group) is 1. The zero-order valence-electron chi connectivity index (χ0n) is 8.47. The lowest BCUT2D eigenvalue weighted by molar-refractivity contribution is -0.137. The average Bonchev–Trinajstić information content (AvgIpc) is 2.26. The SMILES string of the molecule is C=CC(=O)N(C)C(=O)C=C.C=CC(=O)O. The van der Waals surface area contributed by atoms with Crippen LogP contribution in [0.2, 0.25) is 0 Å². The van der Waals surface area contributed by atoms with Crippen LogP contribution in [0.25, 0.3) is 0 Å². The Labute approximate surface area is 88.0 Å². The van der Waals surface area contributed by atoms with E-state index in [1.807, 2.05) is 0 Å². The van der Waals surface area contributed by atoms with Crippen LogP contribution in [0, 0.1) is 0 Å². The number of carbonyl (C=O) groups is 3. The molecule has 0 radical (unpaired) electrons. The molecule has 15 heavy (non-hydrogen) atoms. The first kappa shape index (κ1) is 15.3. The van der Waals surface area contributed by atoms with Gasteiger partial charge in [-0.2, -0.15) is 0 Å². The molecule has 0 heterocycles. The smallest absolute Gasteiger partial charge is 0.327 e. The van der Waals surface area contributed by atoms with Crippen LogP contribution in [0.3, 0.4) is 0 Å². The third-order valence-electron chi connectivity index (χ3n) is 1.19. The maximum absolute atomic E-state index is 10.7. The van der Waals surface area contributed by atoms with Crippen molar-refractivity contribution >= 4 is 17.8 Å². The molecule has 0 aliphatic heterocycles. The van der Waals surface area contributed by atoms with E-state index in [9.17, 15) is 14.4 Å². The maximum atomic E-state index is 10.7. The zero-order chi connectivity index (χ0) is 12.4. The summed E-state index contributed by atoms with van der Waals surface area (Å²) in [5.41, 5.74) is 0. The van der Waals surface area contributed by atoms with Crippen molar-refractivity contribution in [1.29, 1.82) is 0 Å². The Morgan fingerprint density at radius 2 is 1.27 bits per heavy atom. The first-order valence-electron chi connectivity index (χ1n) is 3.82. The number of hydrogen-bond donors (Lipinski definition) is 1. The minimum absolute atomic E-state index is 0.426. The molecule has 0 aromatic carbocycles. The van der Waals surface area contributed by atoms with Crippen LogP contribution in [0.5, 0.6) is 0 Å². The number of carboxylic acid groups (broad SMARTS) is 1. The van der Waals surface area contributed by atoms with E-state index < -0.39 is 17.8 Å². The van der Waals surface area contributed by atoms with E-state index in [0.717, 1.165) is 23.1 Å². The maximum Gasteiger partial charge on any atom is 0.327 e. The van der Waals surface area contributed by atoms with Gasteiger partial charge in [-0.1, -0.05) is 19.7 Å². The highest BCUT2D eigenvalue weighted by Crippen LogP contribution is 1.86. The van der Waals surface area contributed by atoms with Gasteiger partial charge in [0.2, 0.25) is 0 Å². The summed E-state index contributed by atoms with van der Waals surface area (Å²) < 4.78 is 0. The standard InChI is InChI=1S/C7H9NO2.C3H4O2/c1-4-6(9)8(3)7(10)5-2;1-2-3(4)5/h4-5H,1-2H2,3H3;2H,1H2,(H,4,5). The summed E-state index contributed by atoms with van der Waals surface area (Å²) in [6.07, 6.45) is 2.97. The minimum atomic E-state index is -0.981. The minimum Gasteiger partial charge on any atom is -0.478 e. The fourth-order valence-electron chi connectivity index (χ4n) is 0.382. The lowest BCUT2D eigenvalue weighted by Crippen LogP contribution is -2.29. The highest BCUT2D eigenvalue weighted by Gasteiger charge is 2.08. The van der Waals surface area contributed by atoms with Gasteiger partial charge in [-0.15, -0.1) is 0 Å². The molecule has 0 unspecified atom stereocenters. The van der Waals surface area contributed by atoms with Crippen molar-refractivity contribution in [3.05, 3.63) is 38.0 Å². The molecular weight excluding hydrogens is 198 g/mol. The van der Waals surface area contributed by atoms with E-state index in [2.05, 4.69) is 19.7 Å². The molecule has 0 aromatic rings. The third kappa shape index (κ3) is 8.17. The second-order valence-electron chi connectivity index (χ2n) is 2.19. The highest BCUT2D eigenvalue weighted by atomic mass is 16.4. The summed E-state index contributed by atoms with van der Waals surface area (Å²) in [5, 5.41) is 7.60. The largest absolute Gasteiger partial charge is 0.478 e. The molecule has 5 heteroatoms. The second kappa shape index (κ2) is 8.43. The Morgan fingerprint density at radius 1 is 1.00 bits per heavy atom. The Kier molecular flexibility index (Phi) is 8.60. The molecular formula is C10H13NO4. The summed E-state index contributed by atoms with van der Waals surface area (Å²) >= 11 is 0. The number of imide groups is 1. The van der Waals surface area contributed by atoms with Crippen LogP contribution < -0.4 is 0 Å². The molecule has 82 valence electrons. The van der Waals surface area contributed by atoms with E-state index in [4.69, 9.17) is 5.11 Å². The van der Waals surface area contributed by atoms with Crippen molar-refractivity contribution in [2.75, 3.05) is 7.05 Å². The predicted octanol–water partition coefficient (Wildman–Crippen LogP) is 0.600. The van der Waals surface area contributed by atoms with Crippen LogP contribution in [-0.4, -0.2) is 34.8 Å². The Balaban J connectivity index is 0. The van der Waals surface area contributed by atoms with Crippen molar-refractivity contribution < 1.29 is 19.5 Å². The number of rotatable bonds is 3. The van der Waals surface area contributed by atoms with E-state index in [1.54, 1.807) is 0 Å². The van der Waals surface area contributed by atoms with Crippen molar-refractivity contribution in [2.45, 2.75) is 0 Å². The highest BCUT2D eigenvalue weighted by molar-refractivity contribution is 6.04. The van der Waals surface area contributed by atoms with Gasteiger partial charge in [0, 0.05) is 13.1 Å². The lowest BCUT2D eigenvalue weighted by atomic mass is 10.4. The molecule has 0 aliphatic rings. The van der Waals surface area contributed by atoms with E-state index in [0.29, 0.717) is 0 Å². The number of carbonyl (C=O) groups excluding carboxylic acids is 2. The number of nitrogens with zero attached hydrogens (tertiary/aromatic N) is 1. The van der Waals surface area contributed by atoms with Gasteiger partial charge >= 0.3 is 5.97 Å². The molecule has 0 spiro atoms. The van der Waals surface area contributed by atoms with E-state index >= 15 is 0 Å². The molecule has 0 saturated heterocycles. The summed E-state index contributed by atoms with van der Waals surface area (Å²) in [6, 6.07) is 0. The Hall–Kier alpha value is -2.17. The molecule has 0 aliphatic carbocycles. The van der Waals surface area contributed by atoms with Crippen LogP contribution in [-0.2, 0) is 14.4 Å². The molecule has 0 bridgehead atoms. The Morgan fingerprint density at radius 3 is 1.40 bits per heavy atom. The van der Waals surface area contributed by atoms with Gasteiger partial charge in [-0.25, -0.2) is 4.79 Å². The molecule has 0 atom stereocenters. The summed E-state index contributed by atoms with van der Waals surface area (Å²) in [6.45, 7) is 9.40. The third-order valence-corrected chi connectivity index (χ3v) is 1.19. The van der Waals surface area contributed by atoms with Crippen molar-refractivity contribution in [3.63, 3.8) is 0 Å². The normalized spacial score (nSPS) is 7.53. The van der Waals surface area contributed by atoms with E-state index in [1.165, 1.54) is 7.05 Å². The quantitative estimate of drug-likeness (QED) is 0.693. The molecule has 0 aromatic heterocycles. The van der Waals surface area contributed by atoms with Gasteiger partial charge in [0.05, 0.1) is 0 Å². The summed E-state index contributed by atoms with van der Waals surface area (Å²) in [7, 11) is 1.37. The first-order chi connectivity index (χ1) is 6.90. The van der Waals surface area contributed by atoms with Crippen molar-refractivity contribution in [3.8, 4) is 0 Å². The monoisotopic (exact) mass is 211 g/mol. The average molecular weight is 211 g/mol. The zero-order valence-corrected chi connectivity index (χ0v) is 8.47. The Bertz CT molecular complexity index is 274. The van der Waals surface area contributed by atoms with Gasteiger partial charge in [-0.3, -0.25) is 14.5 Å². The number of carboxylic acids is 1. The summed E-state index contributed by atoms with van der Waals surface area (Å²) in [4.78, 5) is 31.5.